The number of amides is 1. The van der Waals surface area contributed by atoms with Crippen molar-refractivity contribution in [1.29, 1.82) is 0 Å². The van der Waals surface area contributed by atoms with Gasteiger partial charge in [0.05, 0.1) is 18.8 Å². The summed E-state index contributed by atoms with van der Waals surface area (Å²) in [4.78, 5) is 14.9. The van der Waals surface area contributed by atoms with Crippen LogP contribution >= 0.6 is 11.6 Å². The van der Waals surface area contributed by atoms with Gasteiger partial charge in [0.15, 0.2) is 18.4 Å². The maximum absolute atomic E-state index is 14.5. The van der Waals surface area contributed by atoms with Crippen molar-refractivity contribution in [3.63, 3.8) is 0 Å². The summed E-state index contributed by atoms with van der Waals surface area (Å²) in [6.07, 6.45) is 0.804. The molecule has 2 aromatic carbocycles. The van der Waals surface area contributed by atoms with Crippen LogP contribution in [0.4, 0.5) is 10.1 Å². The Morgan fingerprint density at radius 3 is 2.74 bits per heavy atom. The van der Waals surface area contributed by atoms with Crippen molar-refractivity contribution in [2.75, 3.05) is 52.6 Å². The van der Waals surface area contributed by atoms with Gasteiger partial charge in [0.25, 0.3) is 5.91 Å². The van der Waals surface area contributed by atoms with E-state index in [0.717, 1.165) is 19.5 Å². The molecule has 2 aromatic rings. The van der Waals surface area contributed by atoms with E-state index in [2.05, 4.69) is 10.2 Å². The second kappa shape index (κ2) is 11.3. The van der Waals surface area contributed by atoms with Crippen molar-refractivity contribution in [1.82, 2.24) is 4.90 Å². The van der Waals surface area contributed by atoms with Crippen molar-refractivity contribution in [2.24, 2.45) is 0 Å². The van der Waals surface area contributed by atoms with Crippen LogP contribution in [-0.2, 0) is 9.47 Å². The minimum absolute atomic E-state index is 0.0442. The lowest BCUT2D eigenvalue weighted by molar-refractivity contribution is -0.00872. The highest BCUT2D eigenvalue weighted by Gasteiger charge is 2.22. The predicted molar refractivity (Wildman–Crippen MR) is 116 cm³/mol. The molecule has 0 aromatic heterocycles. The summed E-state index contributed by atoms with van der Waals surface area (Å²) in [6, 6.07) is 9.00. The number of halogens is 2. The van der Waals surface area contributed by atoms with E-state index in [-0.39, 0.29) is 24.2 Å². The molecule has 1 unspecified atom stereocenters. The number of methoxy groups -OCH3 is 1. The molecule has 1 amide bonds. The van der Waals surface area contributed by atoms with Gasteiger partial charge < -0.3 is 29.2 Å². The fourth-order valence-electron chi connectivity index (χ4n) is 3.15. The van der Waals surface area contributed by atoms with Crippen molar-refractivity contribution >= 4 is 23.2 Å². The van der Waals surface area contributed by atoms with Gasteiger partial charge in [-0.05, 0) is 43.8 Å². The van der Waals surface area contributed by atoms with Gasteiger partial charge >= 0.3 is 0 Å². The number of carbonyl (C=O) groups excluding carboxylic acids is 1. The Morgan fingerprint density at radius 1 is 1.23 bits per heavy atom. The summed E-state index contributed by atoms with van der Waals surface area (Å²) in [5.41, 5.74) is 0.498. The molecular weight excluding hydrogens is 427 g/mol. The second-order valence-electron chi connectivity index (χ2n) is 7.19. The summed E-state index contributed by atoms with van der Waals surface area (Å²) in [6.45, 7) is 2.41. The van der Waals surface area contributed by atoms with Crippen LogP contribution < -0.4 is 14.8 Å². The smallest absolute Gasteiger partial charge is 0.259 e. The number of rotatable bonds is 10. The van der Waals surface area contributed by atoms with Gasteiger partial charge in [-0.1, -0.05) is 11.6 Å². The van der Waals surface area contributed by atoms with E-state index in [1.165, 1.54) is 18.2 Å². The molecule has 0 spiro atoms. The Balaban J connectivity index is 1.64. The number of likely N-dealkylation sites (N-methyl/N-ethyl adjacent to an activating group) is 1. The van der Waals surface area contributed by atoms with Gasteiger partial charge in [0, 0.05) is 37.0 Å². The first-order valence-electron chi connectivity index (χ1n) is 9.91. The molecule has 0 radical (unpaired) electrons. The summed E-state index contributed by atoms with van der Waals surface area (Å²) in [5.74, 6) is -0.565. The third-order valence-corrected chi connectivity index (χ3v) is 4.98. The molecular formula is C22H26ClFN2O5. The Kier molecular flexibility index (Phi) is 8.48. The zero-order valence-electron chi connectivity index (χ0n) is 17.5. The normalized spacial score (nSPS) is 16.3. The van der Waals surface area contributed by atoms with Crippen LogP contribution in [-0.4, -0.2) is 64.2 Å². The van der Waals surface area contributed by atoms with E-state index in [9.17, 15) is 9.18 Å². The maximum Gasteiger partial charge on any atom is 0.259 e. The summed E-state index contributed by atoms with van der Waals surface area (Å²) < 4.78 is 35.9. The Morgan fingerprint density at radius 2 is 2.03 bits per heavy atom. The van der Waals surface area contributed by atoms with E-state index < -0.39 is 11.7 Å². The maximum atomic E-state index is 14.5. The van der Waals surface area contributed by atoms with Crippen LogP contribution in [0.2, 0.25) is 5.02 Å². The first-order chi connectivity index (χ1) is 15.0. The molecule has 1 N–H and O–H groups in total. The number of nitrogens with one attached hydrogen (secondary N) is 1. The van der Waals surface area contributed by atoms with Crippen molar-refractivity contribution in [2.45, 2.75) is 12.5 Å². The minimum atomic E-state index is -0.540. The SMILES string of the molecule is COCCOCOc1ccc(Cl)cc1C(=O)Nc1ccc(OC2CCN(C)C2)c(F)c1. The van der Waals surface area contributed by atoms with Crippen LogP contribution in [0.25, 0.3) is 0 Å². The first kappa shape index (κ1) is 23.3. The first-order valence-corrected chi connectivity index (χ1v) is 10.3. The zero-order valence-corrected chi connectivity index (χ0v) is 18.3. The predicted octanol–water partition coefficient (Wildman–Crippen LogP) is 3.81. The van der Waals surface area contributed by atoms with E-state index >= 15 is 0 Å². The van der Waals surface area contributed by atoms with E-state index in [4.69, 9.17) is 30.5 Å². The summed E-state index contributed by atoms with van der Waals surface area (Å²) in [7, 11) is 3.57. The molecule has 1 fully saturated rings. The number of hydrogen-bond acceptors (Lipinski definition) is 6. The van der Waals surface area contributed by atoms with E-state index in [1.54, 1.807) is 25.3 Å². The quantitative estimate of drug-likeness (QED) is 0.436. The van der Waals surface area contributed by atoms with Gasteiger partial charge in [-0.25, -0.2) is 4.39 Å². The molecule has 1 aliphatic heterocycles. The molecule has 1 atom stereocenters. The van der Waals surface area contributed by atoms with Crippen molar-refractivity contribution in [3.8, 4) is 11.5 Å². The van der Waals surface area contributed by atoms with Crippen molar-refractivity contribution in [3.05, 3.63) is 52.8 Å². The number of carbonyl (C=O) groups is 1. The zero-order chi connectivity index (χ0) is 22.2. The lowest BCUT2D eigenvalue weighted by Gasteiger charge is -2.15. The fraction of sp³-hybridized carbons (Fsp3) is 0.409. The lowest BCUT2D eigenvalue weighted by Crippen LogP contribution is -2.21. The summed E-state index contributed by atoms with van der Waals surface area (Å²) >= 11 is 6.04. The van der Waals surface area contributed by atoms with Crippen LogP contribution in [0, 0.1) is 5.82 Å². The molecule has 1 aliphatic rings. The number of likely N-dealkylation sites (tertiary alicyclic amines) is 1. The van der Waals surface area contributed by atoms with E-state index in [0.29, 0.717) is 29.7 Å². The Labute approximate surface area is 186 Å². The number of anilines is 1. The second-order valence-corrected chi connectivity index (χ2v) is 7.63. The van der Waals surface area contributed by atoms with Crippen LogP contribution in [0.1, 0.15) is 16.8 Å². The third kappa shape index (κ3) is 6.80. The Hall–Kier alpha value is -2.39. The topological polar surface area (TPSA) is 69.3 Å². The molecule has 168 valence electrons. The number of benzene rings is 2. The van der Waals surface area contributed by atoms with Crippen molar-refractivity contribution < 1.29 is 28.1 Å². The van der Waals surface area contributed by atoms with Gasteiger partial charge in [-0.3, -0.25) is 4.79 Å². The molecule has 9 heteroatoms. The monoisotopic (exact) mass is 452 g/mol. The van der Waals surface area contributed by atoms with Crippen LogP contribution in [0.15, 0.2) is 36.4 Å². The largest absolute Gasteiger partial charge is 0.486 e. The standard InChI is InChI=1S/C22H26ClFN2O5/c1-26-8-7-17(13-26)31-21-6-4-16(12-19(21)24)25-22(27)18-11-15(23)3-5-20(18)30-14-29-10-9-28-2/h3-6,11-12,17H,7-10,13-14H2,1-2H3,(H,25,27). The fourth-order valence-corrected chi connectivity index (χ4v) is 3.33. The van der Waals surface area contributed by atoms with E-state index in [1.807, 2.05) is 7.05 Å². The van der Waals surface area contributed by atoms with Gasteiger partial charge in [0.1, 0.15) is 11.9 Å². The average Bonchev–Trinajstić information content (AvgIpc) is 3.15. The average molecular weight is 453 g/mol. The lowest BCUT2D eigenvalue weighted by atomic mass is 10.1. The molecule has 31 heavy (non-hydrogen) atoms. The van der Waals surface area contributed by atoms with Gasteiger partial charge in [0.2, 0.25) is 0 Å². The molecule has 3 rings (SSSR count). The summed E-state index contributed by atoms with van der Waals surface area (Å²) in [5, 5.41) is 3.03. The molecule has 0 saturated carbocycles. The highest BCUT2D eigenvalue weighted by Crippen LogP contribution is 2.27. The molecule has 0 aliphatic carbocycles. The molecule has 1 heterocycles. The minimum Gasteiger partial charge on any atom is -0.486 e. The Bertz CT molecular complexity index is 898. The number of ether oxygens (including phenoxy) is 4. The molecule has 0 bridgehead atoms. The highest BCUT2D eigenvalue weighted by atomic mass is 35.5. The number of nitrogens with zero attached hydrogens (tertiary/aromatic N) is 1. The number of hydrogen-bond donors (Lipinski definition) is 1. The van der Waals surface area contributed by atoms with Crippen LogP contribution in [0.5, 0.6) is 11.5 Å². The molecule has 7 nitrogen and oxygen atoms in total. The van der Waals surface area contributed by atoms with Crippen LogP contribution in [0.3, 0.4) is 0 Å². The molecule has 1 saturated heterocycles. The van der Waals surface area contributed by atoms with Gasteiger partial charge in [-0.15, -0.1) is 0 Å². The highest BCUT2D eigenvalue weighted by molar-refractivity contribution is 6.31. The van der Waals surface area contributed by atoms with Gasteiger partial charge in [-0.2, -0.15) is 0 Å². The third-order valence-electron chi connectivity index (χ3n) is 4.75.